The lowest BCUT2D eigenvalue weighted by Gasteiger charge is -2.07. The van der Waals surface area contributed by atoms with Crippen LogP contribution in [0.15, 0.2) is 6.20 Å². The van der Waals surface area contributed by atoms with Gasteiger partial charge in [-0.25, -0.2) is 8.78 Å². The topological polar surface area (TPSA) is 30.0 Å². The quantitative estimate of drug-likeness (QED) is 0.620. The van der Waals surface area contributed by atoms with Gasteiger partial charge in [0.2, 0.25) is 0 Å². The number of carbonyl (C=O) groups is 1. The van der Waals surface area contributed by atoms with E-state index in [2.05, 4.69) is 4.98 Å². The Morgan fingerprint density at radius 2 is 2.23 bits per heavy atom. The molecule has 0 aromatic carbocycles. The van der Waals surface area contributed by atoms with Crippen LogP contribution in [0.3, 0.4) is 0 Å². The molecular formula is C8H6F2INO. The van der Waals surface area contributed by atoms with Crippen molar-refractivity contribution >= 4 is 28.9 Å². The second kappa shape index (κ2) is 4.08. The second-order valence-corrected chi connectivity index (χ2v) is 3.55. The van der Waals surface area contributed by atoms with Gasteiger partial charge in [-0.05, 0) is 35.1 Å². The first-order valence-corrected chi connectivity index (χ1v) is 4.54. The fraction of sp³-hybridized carbons (Fsp3) is 0.250. The van der Waals surface area contributed by atoms with Gasteiger partial charge >= 0.3 is 0 Å². The molecule has 0 radical (unpaired) electrons. The fourth-order valence-corrected chi connectivity index (χ4v) is 1.57. The van der Waals surface area contributed by atoms with Crippen LogP contribution < -0.4 is 0 Å². The van der Waals surface area contributed by atoms with Gasteiger partial charge in [0.05, 0.1) is 5.56 Å². The average Bonchev–Trinajstić information content (AvgIpc) is 2.08. The van der Waals surface area contributed by atoms with E-state index in [-0.39, 0.29) is 11.3 Å². The lowest BCUT2D eigenvalue weighted by atomic mass is 10.1. The Morgan fingerprint density at radius 3 is 2.69 bits per heavy atom. The van der Waals surface area contributed by atoms with Gasteiger partial charge in [-0.15, -0.1) is 0 Å². The molecule has 1 heterocycles. The molecule has 5 heteroatoms. The van der Waals surface area contributed by atoms with Crippen LogP contribution in [-0.4, -0.2) is 11.3 Å². The van der Waals surface area contributed by atoms with Gasteiger partial charge in [0.25, 0.3) is 6.43 Å². The van der Waals surface area contributed by atoms with E-state index in [4.69, 9.17) is 0 Å². The highest BCUT2D eigenvalue weighted by atomic mass is 127. The van der Waals surface area contributed by atoms with Crippen molar-refractivity contribution in [2.24, 2.45) is 0 Å². The molecule has 2 nitrogen and oxygen atoms in total. The molecule has 0 atom stereocenters. The molecule has 0 amide bonds. The molecule has 0 saturated heterocycles. The molecule has 13 heavy (non-hydrogen) atoms. The van der Waals surface area contributed by atoms with E-state index in [0.29, 0.717) is 15.4 Å². The van der Waals surface area contributed by atoms with E-state index >= 15 is 0 Å². The van der Waals surface area contributed by atoms with Crippen LogP contribution in [0.2, 0.25) is 0 Å². The predicted octanol–water partition coefficient (Wildman–Crippen LogP) is 2.74. The number of pyridine rings is 1. The van der Waals surface area contributed by atoms with Crippen LogP contribution in [0.4, 0.5) is 8.78 Å². The van der Waals surface area contributed by atoms with E-state index in [0.717, 1.165) is 0 Å². The molecule has 0 N–H and O–H groups in total. The number of nitrogens with zero attached hydrogens (tertiary/aromatic N) is 1. The maximum absolute atomic E-state index is 12.5. The molecule has 0 bridgehead atoms. The van der Waals surface area contributed by atoms with Crippen molar-refractivity contribution in [2.45, 2.75) is 13.3 Å². The molecule has 0 aliphatic carbocycles. The number of aryl methyl sites for hydroxylation is 1. The lowest BCUT2D eigenvalue weighted by molar-refractivity contribution is 0.110. The minimum atomic E-state index is -2.65. The third-order valence-electron chi connectivity index (χ3n) is 1.59. The zero-order chi connectivity index (χ0) is 10.0. The molecule has 0 aliphatic rings. The minimum absolute atomic E-state index is 0.176. The third-order valence-corrected chi connectivity index (χ3v) is 3.02. The first kappa shape index (κ1) is 10.5. The number of aldehydes is 1. The average molecular weight is 297 g/mol. The van der Waals surface area contributed by atoms with Gasteiger partial charge < -0.3 is 0 Å². The SMILES string of the molecule is Cc1cnc(C=O)c(C(F)F)c1I. The summed E-state index contributed by atoms with van der Waals surface area (Å²) in [5.74, 6) is 0. The lowest BCUT2D eigenvalue weighted by Crippen LogP contribution is -2.02. The highest BCUT2D eigenvalue weighted by Crippen LogP contribution is 2.27. The van der Waals surface area contributed by atoms with Crippen molar-refractivity contribution in [3.63, 3.8) is 0 Å². The van der Waals surface area contributed by atoms with Crippen molar-refractivity contribution in [2.75, 3.05) is 0 Å². The molecular weight excluding hydrogens is 291 g/mol. The number of alkyl halides is 2. The minimum Gasteiger partial charge on any atom is -0.296 e. The van der Waals surface area contributed by atoms with Gasteiger partial charge in [-0.2, -0.15) is 0 Å². The van der Waals surface area contributed by atoms with Crippen LogP contribution in [0.1, 0.15) is 28.0 Å². The summed E-state index contributed by atoms with van der Waals surface area (Å²) in [6.07, 6.45) is -0.889. The maximum atomic E-state index is 12.5. The first-order valence-electron chi connectivity index (χ1n) is 3.46. The maximum Gasteiger partial charge on any atom is 0.267 e. The monoisotopic (exact) mass is 297 g/mol. The molecule has 70 valence electrons. The fourth-order valence-electron chi connectivity index (χ4n) is 0.919. The van der Waals surface area contributed by atoms with Gasteiger partial charge in [-0.3, -0.25) is 9.78 Å². The molecule has 0 spiro atoms. The summed E-state index contributed by atoms with van der Waals surface area (Å²) in [6.45, 7) is 1.68. The number of rotatable bonds is 2. The summed E-state index contributed by atoms with van der Waals surface area (Å²) < 4.78 is 25.3. The van der Waals surface area contributed by atoms with E-state index in [1.54, 1.807) is 29.5 Å². The van der Waals surface area contributed by atoms with Crippen LogP contribution >= 0.6 is 22.6 Å². The van der Waals surface area contributed by atoms with E-state index in [1.165, 1.54) is 6.20 Å². The molecule has 1 rings (SSSR count). The number of hydrogen-bond acceptors (Lipinski definition) is 2. The van der Waals surface area contributed by atoms with Gasteiger partial charge in [0, 0.05) is 9.77 Å². The summed E-state index contributed by atoms with van der Waals surface area (Å²) in [5, 5.41) is 0. The van der Waals surface area contributed by atoms with Crippen molar-refractivity contribution in [1.29, 1.82) is 0 Å². The Bertz CT molecular complexity index is 341. The summed E-state index contributed by atoms with van der Waals surface area (Å²) in [5.41, 5.74) is 0.210. The Hall–Kier alpha value is -0.590. The summed E-state index contributed by atoms with van der Waals surface area (Å²) in [6, 6.07) is 0. The zero-order valence-electron chi connectivity index (χ0n) is 6.72. The highest BCUT2D eigenvalue weighted by molar-refractivity contribution is 14.1. The number of hydrogen-bond donors (Lipinski definition) is 0. The summed E-state index contributed by atoms with van der Waals surface area (Å²) >= 11 is 1.79. The van der Waals surface area contributed by atoms with E-state index < -0.39 is 6.43 Å². The predicted molar refractivity (Wildman–Crippen MR) is 52.0 cm³/mol. The van der Waals surface area contributed by atoms with Crippen molar-refractivity contribution in [3.05, 3.63) is 26.6 Å². The molecule has 0 fully saturated rings. The smallest absolute Gasteiger partial charge is 0.267 e. The van der Waals surface area contributed by atoms with Crippen LogP contribution in [0, 0.1) is 10.5 Å². The van der Waals surface area contributed by atoms with Crippen molar-refractivity contribution < 1.29 is 13.6 Å². The normalized spacial score (nSPS) is 10.5. The van der Waals surface area contributed by atoms with E-state index in [1.807, 2.05) is 0 Å². The van der Waals surface area contributed by atoms with E-state index in [9.17, 15) is 13.6 Å². The zero-order valence-corrected chi connectivity index (χ0v) is 8.88. The van der Waals surface area contributed by atoms with Gasteiger partial charge in [0.1, 0.15) is 5.69 Å². The standard InChI is InChI=1S/C8H6F2INO/c1-4-2-12-5(3-13)6(7(4)11)8(9)10/h2-3,8H,1H3. The van der Waals surface area contributed by atoms with Crippen molar-refractivity contribution in [3.8, 4) is 0 Å². The largest absolute Gasteiger partial charge is 0.296 e. The van der Waals surface area contributed by atoms with Crippen molar-refractivity contribution in [1.82, 2.24) is 4.98 Å². The van der Waals surface area contributed by atoms with Crippen LogP contribution in [0.25, 0.3) is 0 Å². The Kier molecular flexibility index (Phi) is 3.29. The molecule has 1 aromatic heterocycles. The first-order chi connectivity index (χ1) is 6.07. The van der Waals surface area contributed by atoms with Gasteiger partial charge in [-0.1, -0.05) is 0 Å². The molecule has 0 unspecified atom stereocenters. The third kappa shape index (κ3) is 2.01. The van der Waals surface area contributed by atoms with Crippen LogP contribution in [0.5, 0.6) is 0 Å². The molecule has 1 aromatic rings. The Balaban J connectivity index is 3.41. The highest BCUT2D eigenvalue weighted by Gasteiger charge is 2.18. The molecule has 0 saturated carbocycles. The number of carbonyl (C=O) groups excluding carboxylic acids is 1. The number of halogens is 3. The molecule has 0 aliphatic heterocycles. The summed E-state index contributed by atoms with van der Waals surface area (Å²) in [7, 11) is 0. The second-order valence-electron chi connectivity index (χ2n) is 2.47. The van der Waals surface area contributed by atoms with Crippen LogP contribution in [-0.2, 0) is 0 Å². The number of aromatic nitrogens is 1. The Morgan fingerprint density at radius 1 is 1.62 bits per heavy atom. The summed E-state index contributed by atoms with van der Waals surface area (Å²) in [4.78, 5) is 14.0. The Labute approximate surface area is 87.5 Å². The van der Waals surface area contributed by atoms with Gasteiger partial charge in [0.15, 0.2) is 6.29 Å².